The Bertz CT molecular complexity index is 1280. The molecule has 2 aromatic heterocycles. The Morgan fingerprint density at radius 1 is 1.06 bits per heavy atom. The van der Waals surface area contributed by atoms with Gasteiger partial charge >= 0.3 is 5.97 Å². The Hall–Kier alpha value is -4.26. The van der Waals surface area contributed by atoms with Gasteiger partial charge < -0.3 is 5.11 Å². The lowest BCUT2D eigenvalue weighted by Crippen LogP contribution is -2.29. The molecular weight excluding hydrogens is 392 g/mol. The predicted molar refractivity (Wildman–Crippen MR) is 115 cm³/mol. The number of pyridine rings is 1. The molecule has 2 N–H and O–H groups in total. The first kappa shape index (κ1) is 18.7. The third kappa shape index (κ3) is 3.07. The molecule has 1 amide bonds. The molecule has 0 unspecified atom stereocenters. The SMILES string of the molecule is Cc1ccc(-c2n[nH]c3c2[C@@H](c2cccnc2)N(c2ccc(C(=O)O)cc2)C3=O)cc1. The van der Waals surface area contributed by atoms with Gasteiger partial charge in [0.05, 0.1) is 17.3 Å². The van der Waals surface area contributed by atoms with Gasteiger partial charge in [-0.2, -0.15) is 5.10 Å². The summed E-state index contributed by atoms with van der Waals surface area (Å²) in [4.78, 5) is 30.6. The number of H-pyrrole nitrogens is 1. The summed E-state index contributed by atoms with van der Waals surface area (Å²) in [6, 6.07) is 17.6. The maximum Gasteiger partial charge on any atom is 0.335 e. The molecule has 7 nitrogen and oxygen atoms in total. The van der Waals surface area contributed by atoms with Gasteiger partial charge in [0.15, 0.2) is 0 Å². The summed E-state index contributed by atoms with van der Waals surface area (Å²) in [7, 11) is 0. The zero-order chi connectivity index (χ0) is 21.5. The van der Waals surface area contributed by atoms with E-state index in [2.05, 4.69) is 15.2 Å². The first-order chi connectivity index (χ1) is 15.0. The standard InChI is InChI=1S/C24H18N4O3/c1-14-4-6-15(7-5-14)20-19-21(27-26-20)23(29)28(22(19)17-3-2-12-25-13-17)18-10-8-16(9-11-18)24(30)31/h2-13,22H,1H3,(H,26,27)(H,30,31)/t22-/m1/s1. The summed E-state index contributed by atoms with van der Waals surface area (Å²) in [6.45, 7) is 2.02. The smallest absolute Gasteiger partial charge is 0.335 e. The van der Waals surface area contributed by atoms with Crippen LogP contribution in [0.25, 0.3) is 11.3 Å². The van der Waals surface area contributed by atoms with E-state index in [0.29, 0.717) is 17.1 Å². The topological polar surface area (TPSA) is 99.2 Å². The van der Waals surface area contributed by atoms with Crippen LogP contribution < -0.4 is 4.90 Å². The predicted octanol–water partition coefficient (Wildman–Crippen LogP) is 4.23. The lowest BCUT2D eigenvalue weighted by molar-refractivity contribution is 0.0696. The number of amides is 1. The van der Waals surface area contributed by atoms with Crippen molar-refractivity contribution in [1.82, 2.24) is 15.2 Å². The number of carbonyl (C=O) groups is 2. The van der Waals surface area contributed by atoms with Crippen LogP contribution in [-0.2, 0) is 0 Å². The number of nitrogens with zero attached hydrogens (tertiary/aromatic N) is 3. The van der Waals surface area contributed by atoms with Gasteiger partial charge in [0, 0.05) is 29.2 Å². The van der Waals surface area contributed by atoms with Crippen molar-refractivity contribution < 1.29 is 14.7 Å². The molecule has 0 saturated heterocycles. The van der Waals surface area contributed by atoms with E-state index in [0.717, 1.165) is 22.3 Å². The van der Waals surface area contributed by atoms with Crippen molar-refractivity contribution >= 4 is 17.6 Å². The Morgan fingerprint density at radius 2 is 1.81 bits per heavy atom. The average Bonchev–Trinajstić information content (AvgIpc) is 3.34. The zero-order valence-electron chi connectivity index (χ0n) is 16.6. The molecule has 0 saturated carbocycles. The normalized spacial score (nSPS) is 15.2. The molecule has 2 aromatic carbocycles. The molecule has 1 atom stereocenters. The van der Waals surface area contributed by atoms with E-state index in [4.69, 9.17) is 0 Å². The lowest BCUT2D eigenvalue weighted by atomic mass is 9.96. The average molecular weight is 410 g/mol. The van der Waals surface area contributed by atoms with Crippen molar-refractivity contribution in [3.8, 4) is 11.3 Å². The van der Waals surface area contributed by atoms with Gasteiger partial charge in [-0.05, 0) is 42.8 Å². The summed E-state index contributed by atoms with van der Waals surface area (Å²) in [6.07, 6.45) is 3.42. The molecular formula is C24H18N4O3. The quantitative estimate of drug-likeness (QED) is 0.525. The Labute approximate surface area is 178 Å². The van der Waals surface area contributed by atoms with Crippen LogP contribution >= 0.6 is 0 Å². The van der Waals surface area contributed by atoms with Crippen LogP contribution in [0.1, 0.15) is 43.6 Å². The molecule has 31 heavy (non-hydrogen) atoms. The van der Waals surface area contributed by atoms with Crippen molar-refractivity contribution in [2.75, 3.05) is 4.90 Å². The lowest BCUT2D eigenvalue weighted by Gasteiger charge is -2.26. The van der Waals surface area contributed by atoms with E-state index in [1.807, 2.05) is 43.3 Å². The summed E-state index contributed by atoms with van der Waals surface area (Å²) >= 11 is 0. The van der Waals surface area contributed by atoms with Crippen molar-refractivity contribution in [3.63, 3.8) is 0 Å². The fraction of sp³-hybridized carbons (Fsp3) is 0.0833. The van der Waals surface area contributed by atoms with Crippen LogP contribution in [0.2, 0.25) is 0 Å². The number of fused-ring (bicyclic) bond motifs is 1. The maximum atomic E-state index is 13.4. The summed E-state index contributed by atoms with van der Waals surface area (Å²) in [5.41, 5.74) is 5.56. The highest BCUT2D eigenvalue weighted by molar-refractivity contribution is 6.11. The molecule has 7 heteroatoms. The number of anilines is 1. The zero-order valence-corrected chi connectivity index (χ0v) is 16.6. The van der Waals surface area contributed by atoms with Crippen LogP contribution in [0, 0.1) is 6.92 Å². The fourth-order valence-corrected chi connectivity index (χ4v) is 3.96. The second kappa shape index (κ2) is 7.21. The summed E-state index contributed by atoms with van der Waals surface area (Å²) in [5.74, 6) is -1.24. The number of rotatable bonds is 4. The molecule has 0 radical (unpaired) electrons. The Kier molecular flexibility index (Phi) is 4.36. The minimum absolute atomic E-state index is 0.161. The first-order valence-corrected chi connectivity index (χ1v) is 9.76. The molecule has 4 aromatic rings. The molecule has 3 heterocycles. The molecule has 1 aliphatic heterocycles. The number of carboxylic acids is 1. The second-order valence-electron chi connectivity index (χ2n) is 7.44. The highest BCUT2D eigenvalue weighted by Gasteiger charge is 2.43. The fourth-order valence-electron chi connectivity index (χ4n) is 3.96. The van der Waals surface area contributed by atoms with Gasteiger partial charge in [0.2, 0.25) is 0 Å². The molecule has 5 rings (SSSR count). The van der Waals surface area contributed by atoms with Gasteiger partial charge in [0.1, 0.15) is 5.69 Å². The molecule has 0 spiro atoms. The van der Waals surface area contributed by atoms with Crippen molar-refractivity contribution in [2.45, 2.75) is 13.0 Å². The molecule has 152 valence electrons. The third-order valence-electron chi connectivity index (χ3n) is 5.49. The monoisotopic (exact) mass is 410 g/mol. The van der Waals surface area contributed by atoms with Crippen LogP contribution in [0.4, 0.5) is 5.69 Å². The third-order valence-corrected chi connectivity index (χ3v) is 5.49. The largest absolute Gasteiger partial charge is 0.478 e. The van der Waals surface area contributed by atoms with E-state index in [9.17, 15) is 14.7 Å². The maximum absolute atomic E-state index is 13.4. The number of carboxylic acid groups (broad SMARTS) is 1. The minimum atomic E-state index is -1.01. The van der Waals surface area contributed by atoms with Crippen LogP contribution in [0.3, 0.4) is 0 Å². The van der Waals surface area contributed by atoms with Crippen molar-refractivity contribution in [1.29, 1.82) is 0 Å². The van der Waals surface area contributed by atoms with Crippen molar-refractivity contribution in [2.24, 2.45) is 0 Å². The number of aromatic amines is 1. The molecule has 1 aliphatic rings. The van der Waals surface area contributed by atoms with Crippen LogP contribution in [-0.4, -0.2) is 32.2 Å². The molecule has 0 bridgehead atoms. The van der Waals surface area contributed by atoms with E-state index < -0.39 is 12.0 Å². The number of benzene rings is 2. The van der Waals surface area contributed by atoms with E-state index in [-0.39, 0.29) is 11.5 Å². The van der Waals surface area contributed by atoms with Gasteiger partial charge in [-0.25, -0.2) is 4.79 Å². The van der Waals surface area contributed by atoms with Gasteiger partial charge in [-0.1, -0.05) is 35.9 Å². The van der Waals surface area contributed by atoms with E-state index in [1.54, 1.807) is 29.4 Å². The number of aromatic nitrogens is 3. The number of carbonyl (C=O) groups excluding carboxylic acids is 1. The van der Waals surface area contributed by atoms with Gasteiger partial charge in [-0.3, -0.25) is 19.8 Å². The van der Waals surface area contributed by atoms with Crippen LogP contribution in [0.5, 0.6) is 0 Å². The summed E-state index contributed by atoms with van der Waals surface area (Å²) < 4.78 is 0. The Morgan fingerprint density at radius 3 is 2.45 bits per heavy atom. The highest BCUT2D eigenvalue weighted by atomic mass is 16.4. The van der Waals surface area contributed by atoms with Gasteiger partial charge in [0.25, 0.3) is 5.91 Å². The van der Waals surface area contributed by atoms with Crippen LogP contribution in [0.15, 0.2) is 73.1 Å². The number of aromatic carboxylic acids is 1. The molecule has 0 aliphatic carbocycles. The van der Waals surface area contributed by atoms with E-state index >= 15 is 0 Å². The number of hydrogen-bond acceptors (Lipinski definition) is 4. The highest BCUT2D eigenvalue weighted by Crippen LogP contribution is 2.44. The minimum Gasteiger partial charge on any atom is -0.478 e. The molecule has 0 fully saturated rings. The van der Waals surface area contributed by atoms with Gasteiger partial charge in [-0.15, -0.1) is 0 Å². The number of aryl methyl sites for hydroxylation is 1. The Balaban J connectivity index is 1.68. The first-order valence-electron chi connectivity index (χ1n) is 9.76. The van der Waals surface area contributed by atoms with Crippen molar-refractivity contribution in [3.05, 3.63) is 101 Å². The number of nitrogens with one attached hydrogen (secondary N) is 1. The number of hydrogen-bond donors (Lipinski definition) is 2. The second-order valence-corrected chi connectivity index (χ2v) is 7.44. The summed E-state index contributed by atoms with van der Waals surface area (Å²) in [5, 5.41) is 16.6. The van der Waals surface area contributed by atoms with E-state index in [1.165, 1.54) is 12.1 Å².